The largest absolute Gasteiger partial charge is 1.00 e. The number of imidazole rings is 1. The maximum atomic E-state index is 13.1. The van der Waals surface area contributed by atoms with E-state index >= 15 is 0 Å². The number of quaternary nitrogens is 2. The lowest BCUT2D eigenvalue weighted by molar-refractivity contribution is -1.02. The Bertz CT molecular complexity index is 1470. The monoisotopic (exact) mass is 550 g/mol. The first-order valence-corrected chi connectivity index (χ1v) is 12.9. The Morgan fingerprint density at radius 3 is 2.13 bits per heavy atom. The Kier molecular flexibility index (Phi) is 9.17. The minimum absolute atomic E-state index is 0. The van der Waals surface area contributed by atoms with Gasteiger partial charge in [-0.3, -0.25) is 9.20 Å². The van der Waals surface area contributed by atoms with Gasteiger partial charge < -0.3 is 39.2 Å². The second-order valence-corrected chi connectivity index (χ2v) is 9.72. The molecule has 0 aliphatic carbocycles. The zero-order valence-corrected chi connectivity index (χ0v) is 22.7. The van der Waals surface area contributed by atoms with Gasteiger partial charge in [0.25, 0.3) is 5.56 Å². The van der Waals surface area contributed by atoms with Crippen molar-refractivity contribution in [2.45, 2.75) is 19.0 Å². The summed E-state index contributed by atoms with van der Waals surface area (Å²) in [5.74, 6) is 0. The first kappa shape index (κ1) is 27.8. The number of rotatable bonds is 7. The molecule has 0 spiro atoms. The molecule has 7 nitrogen and oxygen atoms in total. The van der Waals surface area contributed by atoms with E-state index in [9.17, 15) is 4.79 Å². The molecule has 38 heavy (non-hydrogen) atoms. The van der Waals surface area contributed by atoms with Gasteiger partial charge in [-0.05, 0) is 12.1 Å². The van der Waals surface area contributed by atoms with E-state index < -0.39 is 0 Å². The molecule has 6 rings (SSSR count). The SMILES string of the molecule is O=c1c2cncn2c2ncccc2n1CCC[NH+]1CC[NH+](C(c2ccccc2)c2ccccc2)CC1.[Cl-].[Cl-]. The fraction of sp³-hybridized carbons (Fsp3) is 0.276. The molecule has 2 aromatic carbocycles. The number of hydrogen-bond acceptors (Lipinski definition) is 3. The van der Waals surface area contributed by atoms with E-state index in [1.165, 1.54) is 11.1 Å². The predicted molar refractivity (Wildman–Crippen MR) is 140 cm³/mol. The van der Waals surface area contributed by atoms with Crippen LogP contribution < -0.4 is 40.2 Å². The molecule has 1 aliphatic rings. The van der Waals surface area contributed by atoms with Gasteiger partial charge in [0.2, 0.25) is 0 Å². The molecule has 3 aromatic heterocycles. The summed E-state index contributed by atoms with van der Waals surface area (Å²) in [5, 5.41) is 0. The summed E-state index contributed by atoms with van der Waals surface area (Å²) in [7, 11) is 0. The van der Waals surface area contributed by atoms with E-state index in [4.69, 9.17) is 0 Å². The molecular weight excluding hydrogens is 519 g/mol. The van der Waals surface area contributed by atoms with Crippen molar-refractivity contribution in [1.82, 2.24) is 18.9 Å². The average molecular weight is 552 g/mol. The van der Waals surface area contributed by atoms with Crippen LogP contribution in [0, 0.1) is 0 Å². The molecule has 0 bridgehead atoms. The molecular formula is C29H32Cl2N6O. The summed E-state index contributed by atoms with van der Waals surface area (Å²) in [4.78, 5) is 25.1. The number of benzene rings is 2. The Hall–Kier alpha value is -3.23. The standard InChI is InChI=1S/C29H30N6O.2ClH/c36-29-26-21-30-22-35(26)28-25(13-7-14-31-28)34(29)16-8-15-32-17-19-33(20-18-32)27(23-9-3-1-4-10-23)24-11-5-2-6-12-24;;/h1-7,9-14,21-22,27H,8,15-20H2;2*1H. The van der Waals surface area contributed by atoms with Crippen molar-refractivity contribution in [3.8, 4) is 0 Å². The third kappa shape index (κ3) is 5.47. The number of nitrogens with one attached hydrogen (secondary N) is 2. The van der Waals surface area contributed by atoms with Crippen LogP contribution in [0.5, 0.6) is 0 Å². The Morgan fingerprint density at radius 1 is 0.816 bits per heavy atom. The fourth-order valence-electron chi connectivity index (χ4n) is 5.78. The summed E-state index contributed by atoms with van der Waals surface area (Å²) in [6.45, 7) is 6.32. The molecule has 1 saturated heterocycles. The normalized spacial score (nSPS) is 17.3. The van der Waals surface area contributed by atoms with Crippen LogP contribution in [0.3, 0.4) is 0 Å². The van der Waals surface area contributed by atoms with Gasteiger partial charge >= 0.3 is 0 Å². The van der Waals surface area contributed by atoms with Gasteiger partial charge in [-0.15, -0.1) is 0 Å². The summed E-state index contributed by atoms with van der Waals surface area (Å²) >= 11 is 0. The van der Waals surface area contributed by atoms with Gasteiger partial charge in [-0.1, -0.05) is 60.7 Å². The Morgan fingerprint density at radius 2 is 1.47 bits per heavy atom. The van der Waals surface area contributed by atoms with Crippen molar-refractivity contribution in [1.29, 1.82) is 0 Å². The number of pyridine rings is 1. The van der Waals surface area contributed by atoms with Crippen molar-refractivity contribution < 1.29 is 34.6 Å². The topological polar surface area (TPSA) is 61.1 Å². The lowest BCUT2D eigenvalue weighted by Gasteiger charge is -2.35. The van der Waals surface area contributed by atoms with Gasteiger partial charge in [0.15, 0.2) is 5.65 Å². The van der Waals surface area contributed by atoms with E-state index in [0.717, 1.165) is 50.3 Å². The number of nitrogens with zero attached hydrogens (tertiary/aromatic N) is 4. The van der Waals surface area contributed by atoms with Crippen molar-refractivity contribution in [3.05, 3.63) is 113 Å². The van der Waals surface area contributed by atoms with Gasteiger partial charge in [0.1, 0.15) is 44.1 Å². The van der Waals surface area contributed by atoms with Crippen LogP contribution in [-0.4, -0.2) is 51.7 Å². The second-order valence-electron chi connectivity index (χ2n) is 9.72. The van der Waals surface area contributed by atoms with Crippen molar-refractivity contribution in [2.24, 2.45) is 0 Å². The molecule has 4 heterocycles. The number of hydrogen-bond donors (Lipinski definition) is 2. The summed E-state index contributed by atoms with van der Waals surface area (Å²) in [6, 6.07) is 26.1. The number of piperazine rings is 1. The van der Waals surface area contributed by atoms with Crippen LogP contribution in [0.15, 0.2) is 96.3 Å². The van der Waals surface area contributed by atoms with E-state index in [1.807, 2.05) is 16.7 Å². The molecule has 2 N–H and O–H groups in total. The highest BCUT2D eigenvalue weighted by molar-refractivity contribution is 5.74. The van der Waals surface area contributed by atoms with Crippen LogP contribution in [-0.2, 0) is 6.54 Å². The van der Waals surface area contributed by atoms with E-state index in [-0.39, 0.29) is 30.4 Å². The first-order valence-electron chi connectivity index (χ1n) is 12.9. The molecule has 0 saturated carbocycles. The van der Waals surface area contributed by atoms with Crippen LogP contribution in [0.25, 0.3) is 16.7 Å². The highest BCUT2D eigenvalue weighted by Gasteiger charge is 2.31. The predicted octanol–water partition coefficient (Wildman–Crippen LogP) is -4.98. The Balaban J connectivity index is 0.00000168. The molecule has 0 amide bonds. The fourth-order valence-corrected chi connectivity index (χ4v) is 5.78. The minimum atomic E-state index is 0. The third-order valence-corrected chi connectivity index (χ3v) is 7.57. The molecule has 198 valence electrons. The second kappa shape index (κ2) is 12.5. The van der Waals surface area contributed by atoms with Crippen LogP contribution in [0.2, 0.25) is 0 Å². The van der Waals surface area contributed by atoms with Gasteiger partial charge in [0.05, 0.1) is 18.3 Å². The lowest BCUT2D eigenvalue weighted by Crippen LogP contribution is -3.28. The van der Waals surface area contributed by atoms with Gasteiger partial charge in [-0.25, -0.2) is 9.97 Å². The van der Waals surface area contributed by atoms with E-state index in [0.29, 0.717) is 18.1 Å². The number of fused-ring (bicyclic) bond motifs is 3. The summed E-state index contributed by atoms with van der Waals surface area (Å²) in [6.07, 6.45) is 6.02. The first-order chi connectivity index (χ1) is 17.8. The minimum Gasteiger partial charge on any atom is -1.00 e. The van der Waals surface area contributed by atoms with Crippen molar-refractivity contribution in [3.63, 3.8) is 0 Å². The maximum Gasteiger partial charge on any atom is 0.277 e. The molecule has 9 heteroatoms. The summed E-state index contributed by atoms with van der Waals surface area (Å²) < 4.78 is 3.67. The molecule has 0 unspecified atom stereocenters. The zero-order chi connectivity index (χ0) is 24.3. The van der Waals surface area contributed by atoms with E-state index in [1.54, 1.807) is 32.9 Å². The maximum absolute atomic E-state index is 13.1. The molecule has 1 aliphatic heterocycles. The molecule has 0 atom stereocenters. The zero-order valence-electron chi connectivity index (χ0n) is 21.1. The quantitative estimate of drug-likeness (QED) is 0.213. The van der Waals surface area contributed by atoms with Crippen molar-refractivity contribution in [2.75, 3.05) is 32.7 Å². The summed E-state index contributed by atoms with van der Waals surface area (Å²) in [5.41, 5.74) is 5.01. The average Bonchev–Trinajstić information content (AvgIpc) is 3.44. The smallest absolute Gasteiger partial charge is 0.277 e. The van der Waals surface area contributed by atoms with Gasteiger partial charge in [-0.2, -0.15) is 0 Å². The van der Waals surface area contributed by atoms with E-state index in [2.05, 4.69) is 70.6 Å². The third-order valence-electron chi connectivity index (χ3n) is 7.57. The lowest BCUT2D eigenvalue weighted by atomic mass is 9.96. The number of aryl methyl sites for hydroxylation is 1. The molecule has 1 fully saturated rings. The van der Waals surface area contributed by atoms with Crippen LogP contribution in [0.1, 0.15) is 23.6 Å². The van der Waals surface area contributed by atoms with Crippen LogP contribution >= 0.6 is 0 Å². The highest BCUT2D eigenvalue weighted by Crippen LogP contribution is 2.19. The van der Waals surface area contributed by atoms with Crippen LogP contribution in [0.4, 0.5) is 0 Å². The Labute approximate surface area is 234 Å². The molecule has 0 radical (unpaired) electrons. The molecule has 5 aromatic rings. The number of aromatic nitrogens is 4. The van der Waals surface area contributed by atoms with Crippen molar-refractivity contribution >= 4 is 16.7 Å². The van der Waals surface area contributed by atoms with Gasteiger partial charge in [0, 0.05) is 30.3 Å². The highest BCUT2D eigenvalue weighted by atomic mass is 35.5. The number of halogens is 2.